The Morgan fingerprint density at radius 3 is 2.59 bits per heavy atom. The quantitative estimate of drug-likeness (QED) is 0.108. The van der Waals surface area contributed by atoms with Gasteiger partial charge in [0.05, 0.1) is 22.7 Å². The van der Waals surface area contributed by atoms with Gasteiger partial charge >= 0.3 is 12.1 Å². The fourth-order valence-electron chi connectivity index (χ4n) is 7.29. The van der Waals surface area contributed by atoms with E-state index in [1.54, 1.807) is 30.4 Å². The molecule has 13 heteroatoms. The maximum absolute atomic E-state index is 13.5. The van der Waals surface area contributed by atoms with Gasteiger partial charge in [-0.25, -0.2) is 14.6 Å². The third kappa shape index (κ3) is 8.61. The number of hydrogen-bond donors (Lipinski definition) is 4. The van der Waals surface area contributed by atoms with Crippen molar-refractivity contribution in [1.82, 2.24) is 30.4 Å². The number of anilines is 1. The van der Waals surface area contributed by atoms with Crippen LogP contribution in [0.2, 0.25) is 0 Å². The second kappa shape index (κ2) is 15.8. The molecule has 54 heavy (non-hydrogen) atoms. The Balaban J connectivity index is 1.02. The van der Waals surface area contributed by atoms with E-state index in [1.165, 1.54) is 6.20 Å². The van der Waals surface area contributed by atoms with Crippen molar-refractivity contribution in [1.29, 1.82) is 0 Å². The summed E-state index contributed by atoms with van der Waals surface area (Å²) in [5.41, 5.74) is 4.66. The molecular formula is C41H49N7O6. The Hall–Kier alpha value is -5.59. The summed E-state index contributed by atoms with van der Waals surface area (Å²) in [5, 5.41) is 23.4. The lowest BCUT2D eigenvalue weighted by molar-refractivity contribution is -0.139. The van der Waals surface area contributed by atoms with E-state index in [1.807, 2.05) is 52.0 Å². The predicted molar refractivity (Wildman–Crippen MR) is 205 cm³/mol. The van der Waals surface area contributed by atoms with Crippen LogP contribution in [0.4, 0.5) is 10.6 Å². The third-order valence-corrected chi connectivity index (χ3v) is 10.1. The van der Waals surface area contributed by atoms with E-state index >= 15 is 0 Å². The monoisotopic (exact) mass is 735 g/mol. The van der Waals surface area contributed by atoms with Crippen molar-refractivity contribution < 1.29 is 29.0 Å². The Bertz CT molecular complexity index is 2100. The first kappa shape index (κ1) is 38.1. The maximum Gasteiger partial charge on any atom is 0.410 e. The summed E-state index contributed by atoms with van der Waals surface area (Å²) in [5.74, 6) is -1.30. The summed E-state index contributed by atoms with van der Waals surface area (Å²) in [4.78, 5) is 61.9. The number of H-pyrrole nitrogens is 1. The molecule has 1 spiro atoms. The van der Waals surface area contributed by atoms with Crippen LogP contribution < -0.4 is 10.6 Å². The van der Waals surface area contributed by atoms with Crippen molar-refractivity contribution in [2.45, 2.75) is 103 Å². The second-order valence-electron chi connectivity index (χ2n) is 15.6. The Kier molecular flexibility index (Phi) is 11.2. The Labute approximate surface area is 315 Å². The Morgan fingerprint density at radius 2 is 1.81 bits per heavy atom. The minimum absolute atomic E-state index is 0.0992. The first-order valence-electron chi connectivity index (χ1n) is 18.6. The number of benzene rings is 1. The lowest BCUT2D eigenvalue weighted by Gasteiger charge is -2.24. The smallest absolute Gasteiger partial charge is 0.410 e. The highest BCUT2D eigenvalue weighted by Crippen LogP contribution is 2.46. The minimum Gasteiger partial charge on any atom is -0.480 e. The molecule has 284 valence electrons. The molecule has 0 saturated heterocycles. The van der Waals surface area contributed by atoms with Crippen molar-refractivity contribution in [3.63, 3.8) is 0 Å². The fraction of sp³-hybridized carbons (Fsp3) is 0.439. The van der Waals surface area contributed by atoms with Gasteiger partial charge in [0.25, 0.3) is 5.91 Å². The summed E-state index contributed by atoms with van der Waals surface area (Å²) in [6, 6.07) is 6.33. The standard InChI is InChI=1S/C41H49N7O6/c1-25-15-27(16-29-24-44-47-34(25)29)18-32(37(50)51)45-36(49)30-19-28-20-41(21-33(28)42-23-30)31-17-26(22-43-35(31)46-38(41)52)13-11-9-7-6-8-10-12-14-48(5)39(53)54-40(2,3)4/h11,13,15-17,19,22-24,32H,6-10,12,14,18,20-21H2,1-5H3,(H,44,47)(H,45,49)(H,50,51)(H,43,46,52)/b13-11+/t32-,41+/m1/s1. The largest absolute Gasteiger partial charge is 0.480 e. The number of ether oxygens (including phenoxy) is 1. The van der Waals surface area contributed by atoms with Crippen molar-refractivity contribution in [2.24, 2.45) is 0 Å². The normalized spacial score (nSPS) is 16.7. The number of pyridine rings is 2. The molecule has 2 atom stereocenters. The average Bonchev–Trinajstić information content (AvgIpc) is 3.82. The van der Waals surface area contributed by atoms with Gasteiger partial charge in [-0.3, -0.25) is 19.7 Å². The zero-order valence-corrected chi connectivity index (χ0v) is 31.6. The number of fused-ring (bicyclic) bond motifs is 4. The van der Waals surface area contributed by atoms with Crippen LogP contribution in [0.3, 0.4) is 0 Å². The molecule has 0 fully saturated rings. The first-order valence-corrected chi connectivity index (χ1v) is 18.6. The molecule has 4 heterocycles. The summed E-state index contributed by atoms with van der Waals surface area (Å²) in [6.07, 6.45) is 15.7. The number of carboxylic acids is 1. The van der Waals surface area contributed by atoms with Crippen molar-refractivity contribution in [2.75, 3.05) is 18.9 Å². The van der Waals surface area contributed by atoms with Crippen LogP contribution in [0.15, 0.2) is 48.9 Å². The SMILES string of the molecule is Cc1cc(C[C@@H](NC(=O)c2cnc3c(c2)C[C@@]2(C3)C(=O)Nc3ncc(/C=C/CCCCCCCN(C)C(=O)OC(C)(C)C)cc32)C(=O)O)cc2cn[nH]c12. The lowest BCUT2D eigenvalue weighted by Crippen LogP contribution is -2.42. The summed E-state index contributed by atoms with van der Waals surface area (Å²) < 4.78 is 5.40. The van der Waals surface area contributed by atoms with E-state index in [2.05, 4.69) is 36.9 Å². The van der Waals surface area contributed by atoms with E-state index in [0.717, 1.165) is 82.9 Å². The molecule has 4 aromatic rings. The summed E-state index contributed by atoms with van der Waals surface area (Å²) in [6.45, 7) is 8.19. The van der Waals surface area contributed by atoms with Crippen molar-refractivity contribution >= 4 is 46.7 Å². The second-order valence-corrected chi connectivity index (χ2v) is 15.6. The molecule has 6 rings (SSSR count). The van der Waals surface area contributed by atoms with Crippen LogP contribution in [-0.2, 0) is 39.0 Å². The summed E-state index contributed by atoms with van der Waals surface area (Å²) >= 11 is 0. The number of aryl methyl sites for hydroxylation is 1. The van der Waals surface area contributed by atoms with Gasteiger partial charge in [-0.2, -0.15) is 5.10 Å². The highest BCUT2D eigenvalue weighted by molar-refractivity contribution is 6.06. The number of nitrogens with zero attached hydrogens (tertiary/aromatic N) is 4. The third-order valence-electron chi connectivity index (χ3n) is 10.1. The van der Waals surface area contributed by atoms with Gasteiger partial charge in [-0.15, -0.1) is 0 Å². The van der Waals surface area contributed by atoms with E-state index in [-0.39, 0.29) is 24.0 Å². The van der Waals surface area contributed by atoms with E-state index < -0.39 is 28.9 Å². The number of unbranched alkanes of at least 4 members (excludes halogenated alkanes) is 5. The number of carbonyl (C=O) groups is 4. The molecular weight excluding hydrogens is 686 g/mol. The van der Waals surface area contributed by atoms with Crippen LogP contribution in [0.5, 0.6) is 0 Å². The molecule has 1 aliphatic carbocycles. The van der Waals surface area contributed by atoms with Crippen molar-refractivity contribution in [3.8, 4) is 0 Å². The van der Waals surface area contributed by atoms with Crippen LogP contribution in [0, 0.1) is 6.92 Å². The molecule has 0 radical (unpaired) electrons. The van der Waals surface area contributed by atoms with Gasteiger partial charge in [-0.1, -0.05) is 37.5 Å². The number of aliphatic carboxylic acids is 1. The van der Waals surface area contributed by atoms with Crippen LogP contribution in [0.1, 0.15) is 103 Å². The number of rotatable bonds is 14. The van der Waals surface area contributed by atoms with Crippen LogP contribution >= 0.6 is 0 Å². The van der Waals surface area contributed by atoms with Gasteiger partial charge in [-0.05, 0) is 93.8 Å². The van der Waals surface area contributed by atoms with Crippen LogP contribution in [-0.4, -0.2) is 79.3 Å². The molecule has 0 unspecified atom stereocenters. The molecule has 0 bridgehead atoms. The van der Waals surface area contributed by atoms with Crippen molar-refractivity contribution in [3.05, 3.63) is 88.0 Å². The lowest BCUT2D eigenvalue weighted by atomic mass is 9.79. The number of amides is 3. The number of nitrogens with one attached hydrogen (secondary N) is 3. The van der Waals surface area contributed by atoms with Gasteiger partial charge in [0.15, 0.2) is 0 Å². The molecule has 13 nitrogen and oxygen atoms in total. The molecule has 3 amide bonds. The number of carbonyl (C=O) groups excluding carboxylic acids is 3. The summed E-state index contributed by atoms with van der Waals surface area (Å²) in [7, 11) is 1.77. The number of carboxylic acid groups (broad SMARTS) is 1. The molecule has 1 aliphatic heterocycles. The molecule has 0 saturated carbocycles. The van der Waals surface area contributed by atoms with Gasteiger partial charge < -0.3 is 25.4 Å². The van der Waals surface area contributed by atoms with Crippen LogP contribution in [0.25, 0.3) is 17.0 Å². The highest BCUT2D eigenvalue weighted by Gasteiger charge is 2.52. The Morgan fingerprint density at radius 1 is 1.04 bits per heavy atom. The van der Waals surface area contributed by atoms with Gasteiger partial charge in [0.2, 0.25) is 5.91 Å². The first-order chi connectivity index (χ1) is 25.7. The molecule has 2 aliphatic rings. The number of allylic oxidation sites excluding steroid dienone is 1. The number of hydrogen-bond acceptors (Lipinski definition) is 8. The molecule has 4 N–H and O–H groups in total. The average molecular weight is 736 g/mol. The maximum atomic E-state index is 13.5. The number of aromatic nitrogens is 4. The van der Waals surface area contributed by atoms with Gasteiger partial charge in [0, 0.05) is 55.5 Å². The van der Waals surface area contributed by atoms with E-state index in [4.69, 9.17) is 4.74 Å². The van der Waals surface area contributed by atoms with E-state index in [9.17, 15) is 24.3 Å². The number of aromatic amines is 1. The van der Waals surface area contributed by atoms with Gasteiger partial charge in [0.1, 0.15) is 17.5 Å². The molecule has 1 aromatic carbocycles. The molecule has 3 aromatic heterocycles. The fourth-order valence-corrected chi connectivity index (χ4v) is 7.29. The predicted octanol–water partition coefficient (Wildman–Crippen LogP) is 6.30. The topological polar surface area (TPSA) is 179 Å². The highest BCUT2D eigenvalue weighted by atomic mass is 16.6. The van der Waals surface area contributed by atoms with E-state index in [0.29, 0.717) is 25.2 Å². The zero-order chi connectivity index (χ0) is 38.6. The minimum atomic E-state index is -1.16. The zero-order valence-electron chi connectivity index (χ0n) is 31.6.